The normalized spacial score (nSPS) is 17.2. The Bertz CT molecular complexity index is 411. The number of nitro groups is 1. The van der Waals surface area contributed by atoms with Crippen LogP contribution >= 0.6 is 0 Å². The molecule has 80 valence electrons. The van der Waals surface area contributed by atoms with Crippen LogP contribution < -0.4 is 5.32 Å². The van der Waals surface area contributed by atoms with Gasteiger partial charge in [0.2, 0.25) is 0 Å². The zero-order valence-electron chi connectivity index (χ0n) is 8.91. The highest BCUT2D eigenvalue weighted by Gasteiger charge is 2.37. The van der Waals surface area contributed by atoms with Crippen LogP contribution in [0.2, 0.25) is 0 Å². The Morgan fingerprint density at radius 3 is 2.67 bits per heavy atom. The molecule has 4 heteroatoms. The Morgan fingerprint density at radius 1 is 1.47 bits per heavy atom. The fraction of sp³-hybridized carbons (Fsp3) is 0.455. The lowest BCUT2D eigenvalue weighted by molar-refractivity contribution is -0.384. The minimum atomic E-state index is -0.361. The SMILES string of the molecule is Cc1ccc([N+](=O)[O-])cc1NC1(C)CC1. The van der Waals surface area contributed by atoms with Crippen molar-refractivity contribution in [2.24, 2.45) is 0 Å². The molecule has 1 N–H and O–H groups in total. The van der Waals surface area contributed by atoms with Gasteiger partial charge in [-0.2, -0.15) is 0 Å². The number of benzene rings is 1. The molecule has 1 fully saturated rings. The molecule has 0 atom stereocenters. The predicted molar refractivity (Wildman–Crippen MR) is 59.1 cm³/mol. The number of hydrogen-bond acceptors (Lipinski definition) is 3. The first-order valence-electron chi connectivity index (χ1n) is 5.03. The maximum Gasteiger partial charge on any atom is 0.271 e. The molecule has 15 heavy (non-hydrogen) atoms. The Hall–Kier alpha value is -1.58. The fourth-order valence-corrected chi connectivity index (χ4v) is 1.50. The van der Waals surface area contributed by atoms with E-state index >= 15 is 0 Å². The first-order chi connectivity index (χ1) is 7.00. The zero-order chi connectivity index (χ0) is 11.1. The van der Waals surface area contributed by atoms with Crippen LogP contribution in [0.15, 0.2) is 18.2 Å². The van der Waals surface area contributed by atoms with Crippen molar-refractivity contribution in [2.45, 2.75) is 32.2 Å². The third kappa shape index (κ3) is 2.09. The van der Waals surface area contributed by atoms with Gasteiger partial charge in [-0.05, 0) is 32.3 Å². The maximum absolute atomic E-state index is 10.6. The molecule has 0 aliphatic heterocycles. The fourth-order valence-electron chi connectivity index (χ4n) is 1.50. The Labute approximate surface area is 88.5 Å². The highest BCUT2D eigenvalue weighted by atomic mass is 16.6. The van der Waals surface area contributed by atoms with E-state index in [1.807, 2.05) is 6.92 Å². The minimum absolute atomic E-state index is 0.146. The maximum atomic E-state index is 10.6. The molecule has 0 unspecified atom stereocenters. The number of anilines is 1. The molecule has 0 amide bonds. The Kier molecular flexibility index (Phi) is 2.14. The molecular formula is C11H14N2O2. The first kappa shape index (κ1) is 9.96. The van der Waals surface area contributed by atoms with E-state index in [0.29, 0.717) is 0 Å². The lowest BCUT2D eigenvalue weighted by atomic mass is 10.1. The summed E-state index contributed by atoms with van der Waals surface area (Å²) in [5, 5.41) is 14.0. The van der Waals surface area contributed by atoms with Gasteiger partial charge in [0.05, 0.1) is 4.92 Å². The molecule has 1 aromatic rings. The van der Waals surface area contributed by atoms with Crippen molar-refractivity contribution in [1.29, 1.82) is 0 Å². The summed E-state index contributed by atoms with van der Waals surface area (Å²) < 4.78 is 0. The van der Waals surface area contributed by atoms with Crippen LogP contribution in [0, 0.1) is 17.0 Å². The van der Waals surface area contributed by atoms with E-state index < -0.39 is 0 Å². The van der Waals surface area contributed by atoms with E-state index in [1.54, 1.807) is 12.1 Å². The van der Waals surface area contributed by atoms with Crippen molar-refractivity contribution in [3.8, 4) is 0 Å². The van der Waals surface area contributed by atoms with Crippen LogP contribution in [0.4, 0.5) is 11.4 Å². The van der Waals surface area contributed by atoms with Gasteiger partial charge in [0.15, 0.2) is 0 Å². The van der Waals surface area contributed by atoms with E-state index in [2.05, 4.69) is 12.2 Å². The van der Waals surface area contributed by atoms with Crippen LogP contribution in [0.1, 0.15) is 25.3 Å². The van der Waals surface area contributed by atoms with Crippen molar-refractivity contribution in [3.05, 3.63) is 33.9 Å². The number of nitrogens with zero attached hydrogens (tertiary/aromatic N) is 1. The number of aryl methyl sites for hydroxylation is 1. The Balaban J connectivity index is 2.28. The van der Waals surface area contributed by atoms with E-state index in [4.69, 9.17) is 0 Å². The van der Waals surface area contributed by atoms with Gasteiger partial charge >= 0.3 is 0 Å². The molecular weight excluding hydrogens is 192 g/mol. The van der Waals surface area contributed by atoms with E-state index in [-0.39, 0.29) is 16.1 Å². The van der Waals surface area contributed by atoms with Crippen LogP contribution in [0.5, 0.6) is 0 Å². The second-order valence-corrected chi connectivity index (χ2v) is 4.44. The third-order valence-corrected chi connectivity index (χ3v) is 2.87. The summed E-state index contributed by atoms with van der Waals surface area (Å²) in [6.45, 7) is 4.09. The monoisotopic (exact) mass is 206 g/mol. The van der Waals surface area contributed by atoms with Gasteiger partial charge in [-0.25, -0.2) is 0 Å². The van der Waals surface area contributed by atoms with Crippen LogP contribution in [0.3, 0.4) is 0 Å². The van der Waals surface area contributed by atoms with Gasteiger partial charge in [0.25, 0.3) is 5.69 Å². The number of rotatable bonds is 3. The van der Waals surface area contributed by atoms with Gasteiger partial charge < -0.3 is 5.32 Å². The van der Waals surface area contributed by atoms with Gasteiger partial charge in [0, 0.05) is 23.4 Å². The highest BCUT2D eigenvalue weighted by Crippen LogP contribution is 2.39. The average Bonchev–Trinajstić information content (AvgIpc) is 2.87. The standard InChI is InChI=1S/C11H14N2O2/c1-8-3-4-9(13(14)15)7-10(8)12-11(2)5-6-11/h3-4,7,12H,5-6H2,1-2H3. The molecule has 0 bridgehead atoms. The number of nitro benzene ring substituents is 1. The van der Waals surface area contributed by atoms with Gasteiger partial charge in [-0.1, -0.05) is 6.07 Å². The summed E-state index contributed by atoms with van der Waals surface area (Å²) in [5.41, 5.74) is 2.23. The van der Waals surface area contributed by atoms with E-state index in [0.717, 1.165) is 24.1 Å². The van der Waals surface area contributed by atoms with Crippen LogP contribution in [-0.4, -0.2) is 10.5 Å². The smallest absolute Gasteiger partial charge is 0.271 e. The first-order valence-corrected chi connectivity index (χ1v) is 5.03. The highest BCUT2D eigenvalue weighted by molar-refractivity contribution is 5.58. The second kappa shape index (κ2) is 3.22. The van der Waals surface area contributed by atoms with Crippen molar-refractivity contribution < 1.29 is 4.92 Å². The lowest BCUT2D eigenvalue weighted by Crippen LogP contribution is -2.16. The van der Waals surface area contributed by atoms with Gasteiger partial charge in [-0.3, -0.25) is 10.1 Å². The van der Waals surface area contributed by atoms with Gasteiger partial charge in [0.1, 0.15) is 0 Å². The van der Waals surface area contributed by atoms with Crippen molar-refractivity contribution in [1.82, 2.24) is 0 Å². The third-order valence-electron chi connectivity index (χ3n) is 2.87. The second-order valence-electron chi connectivity index (χ2n) is 4.44. The summed E-state index contributed by atoms with van der Waals surface area (Å²) in [6, 6.07) is 4.93. The summed E-state index contributed by atoms with van der Waals surface area (Å²) in [5.74, 6) is 0. The Morgan fingerprint density at radius 2 is 2.13 bits per heavy atom. The van der Waals surface area contributed by atoms with Crippen molar-refractivity contribution in [2.75, 3.05) is 5.32 Å². The molecule has 0 radical (unpaired) electrons. The minimum Gasteiger partial charge on any atom is -0.379 e. The van der Waals surface area contributed by atoms with Crippen molar-refractivity contribution in [3.63, 3.8) is 0 Å². The lowest BCUT2D eigenvalue weighted by Gasteiger charge is -2.14. The summed E-state index contributed by atoms with van der Waals surface area (Å²) in [6.07, 6.45) is 2.27. The molecule has 1 saturated carbocycles. The number of nitrogens with one attached hydrogen (secondary N) is 1. The number of non-ortho nitro benzene ring substituents is 1. The summed E-state index contributed by atoms with van der Waals surface area (Å²) in [4.78, 5) is 10.3. The molecule has 0 spiro atoms. The topological polar surface area (TPSA) is 55.2 Å². The molecule has 1 aliphatic carbocycles. The molecule has 1 aliphatic rings. The quantitative estimate of drug-likeness (QED) is 0.611. The van der Waals surface area contributed by atoms with Crippen LogP contribution in [0.25, 0.3) is 0 Å². The number of hydrogen-bond donors (Lipinski definition) is 1. The molecule has 0 saturated heterocycles. The zero-order valence-corrected chi connectivity index (χ0v) is 8.91. The molecule has 2 rings (SSSR count). The summed E-state index contributed by atoms with van der Waals surface area (Å²) >= 11 is 0. The average molecular weight is 206 g/mol. The molecule has 0 heterocycles. The summed E-state index contributed by atoms with van der Waals surface area (Å²) in [7, 11) is 0. The predicted octanol–water partition coefficient (Wildman–Crippen LogP) is 2.87. The van der Waals surface area contributed by atoms with Gasteiger partial charge in [-0.15, -0.1) is 0 Å². The molecule has 0 aromatic heterocycles. The van der Waals surface area contributed by atoms with E-state index in [9.17, 15) is 10.1 Å². The van der Waals surface area contributed by atoms with Crippen LogP contribution in [-0.2, 0) is 0 Å². The molecule has 1 aromatic carbocycles. The molecule has 4 nitrogen and oxygen atoms in total. The van der Waals surface area contributed by atoms with E-state index in [1.165, 1.54) is 6.07 Å². The largest absolute Gasteiger partial charge is 0.379 e. The van der Waals surface area contributed by atoms with Crippen molar-refractivity contribution >= 4 is 11.4 Å².